The standard InChI is InChI=1S/C11H20INO4/c1-4-9(5-7-12)17-10(6-8-14)11(15)13(2)16-3/h5,7,9-10,14H,4,6,8H2,1-3H3/b7-5-/t9-,10-/m0/s1. The van der Waals surface area contributed by atoms with Crippen LogP contribution in [0.2, 0.25) is 0 Å². The number of amides is 1. The van der Waals surface area contributed by atoms with Crippen LogP contribution in [0, 0.1) is 0 Å². The summed E-state index contributed by atoms with van der Waals surface area (Å²) in [5, 5.41) is 10.1. The zero-order chi connectivity index (χ0) is 13.3. The van der Waals surface area contributed by atoms with Crippen LogP contribution in [0.1, 0.15) is 19.8 Å². The number of rotatable bonds is 8. The predicted molar refractivity (Wildman–Crippen MR) is 73.6 cm³/mol. The summed E-state index contributed by atoms with van der Waals surface area (Å²) in [7, 11) is 2.93. The van der Waals surface area contributed by atoms with Gasteiger partial charge in [-0.2, -0.15) is 0 Å². The summed E-state index contributed by atoms with van der Waals surface area (Å²) in [5.41, 5.74) is 0. The van der Waals surface area contributed by atoms with Gasteiger partial charge in [0, 0.05) is 20.1 Å². The van der Waals surface area contributed by atoms with Crippen molar-refractivity contribution in [1.82, 2.24) is 5.06 Å². The number of aliphatic hydroxyl groups is 1. The Hall–Kier alpha value is -0.180. The Morgan fingerprint density at radius 1 is 1.59 bits per heavy atom. The van der Waals surface area contributed by atoms with Crippen molar-refractivity contribution in [1.29, 1.82) is 0 Å². The first-order chi connectivity index (χ1) is 8.10. The number of carbonyl (C=O) groups excluding carboxylic acids is 1. The van der Waals surface area contributed by atoms with Crippen LogP contribution in [0.4, 0.5) is 0 Å². The van der Waals surface area contributed by atoms with Crippen LogP contribution in [0.3, 0.4) is 0 Å². The average molecular weight is 357 g/mol. The van der Waals surface area contributed by atoms with Crippen molar-refractivity contribution < 1.29 is 19.5 Å². The van der Waals surface area contributed by atoms with Gasteiger partial charge in [-0.15, -0.1) is 0 Å². The second-order valence-electron chi connectivity index (χ2n) is 3.42. The van der Waals surface area contributed by atoms with Crippen molar-refractivity contribution in [2.45, 2.75) is 32.0 Å². The minimum absolute atomic E-state index is 0.0989. The van der Waals surface area contributed by atoms with Crippen LogP contribution >= 0.6 is 22.6 Å². The van der Waals surface area contributed by atoms with Crippen molar-refractivity contribution in [3.05, 3.63) is 10.2 Å². The second kappa shape index (κ2) is 9.81. The number of halogens is 1. The number of carbonyl (C=O) groups is 1. The van der Waals surface area contributed by atoms with E-state index in [1.54, 1.807) is 0 Å². The van der Waals surface area contributed by atoms with Crippen molar-refractivity contribution in [2.75, 3.05) is 20.8 Å². The fourth-order valence-corrected chi connectivity index (χ4v) is 1.69. The molecule has 0 aliphatic carbocycles. The first-order valence-corrected chi connectivity index (χ1v) is 6.70. The number of hydroxylamine groups is 2. The van der Waals surface area contributed by atoms with Gasteiger partial charge in [-0.1, -0.05) is 29.5 Å². The summed E-state index contributed by atoms with van der Waals surface area (Å²) in [6.45, 7) is 1.88. The Morgan fingerprint density at radius 2 is 2.24 bits per heavy atom. The fourth-order valence-electron chi connectivity index (χ4n) is 1.23. The lowest BCUT2D eigenvalue weighted by Gasteiger charge is -2.24. The van der Waals surface area contributed by atoms with Crippen LogP contribution in [0.15, 0.2) is 10.2 Å². The fraction of sp³-hybridized carbons (Fsp3) is 0.727. The predicted octanol–water partition coefficient (Wildman–Crippen LogP) is 1.50. The Balaban J connectivity index is 4.55. The molecule has 0 aliphatic rings. The molecular weight excluding hydrogens is 337 g/mol. The van der Waals surface area contributed by atoms with Crippen LogP contribution in [-0.2, 0) is 14.4 Å². The molecule has 100 valence electrons. The maximum absolute atomic E-state index is 11.9. The minimum Gasteiger partial charge on any atom is -0.396 e. The largest absolute Gasteiger partial charge is 0.396 e. The monoisotopic (exact) mass is 357 g/mol. The van der Waals surface area contributed by atoms with E-state index in [9.17, 15) is 4.79 Å². The van der Waals surface area contributed by atoms with Crippen molar-refractivity contribution in [2.24, 2.45) is 0 Å². The quantitative estimate of drug-likeness (QED) is 0.529. The van der Waals surface area contributed by atoms with Gasteiger partial charge in [-0.25, -0.2) is 5.06 Å². The third-order valence-electron chi connectivity index (χ3n) is 2.28. The molecule has 0 fully saturated rings. The Morgan fingerprint density at radius 3 is 2.65 bits per heavy atom. The van der Waals surface area contributed by atoms with Gasteiger partial charge in [0.25, 0.3) is 5.91 Å². The normalized spacial score (nSPS) is 14.9. The van der Waals surface area contributed by atoms with Crippen LogP contribution in [-0.4, -0.2) is 49.0 Å². The van der Waals surface area contributed by atoms with E-state index in [0.717, 1.165) is 11.5 Å². The van der Waals surface area contributed by atoms with Gasteiger partial charge in [0.2, 0.25) is 0 Å². The maximum Gasteiger partial charge on any atom is 0.275 e. The van der Waals surface area contributed by atoms with Gasteiger partial charge in [0.15, 0.2) is 0 Å². The van der Waals surface area contributed by atoms with Crippen molar-refractivity contribution >= 4 is 28.5 Å². The van der Waals surface area contributed by atoms with E-state index in [2.05, 4.69) is 22.6 Å². The van der Waals surface area contributed by atoms with Gasteiger partial charge in [-0.3, -0.25) is 9.63 Å². The van der Waals surface area contributed by atoms with E-state index in [1.807, 2.05) is 17.1 Å². The number of aliphatic hydroxyl groups excluding tert-OH is 1. The number of hydrogen-bond donors (Lipinski definition) is 1. The molecule has 1 amide bonds. The van der Waals surface area contributed by atoms with E-state index in [1.165, 1.54) is 14.2 Å². The minimum atomic E-state index is -0.678. The molecule has 0 heterocycles. The molecule has 0 rings (SSSR count). The highest BCUT2D eigenvalue weighted by molar-refractivity contribution is 14.1. The molecular formula is C11H20INO4. The van der Waals surface area contributed by atoms with Crippen LogP contribution in [0.5, 0.6) is 0 Å². The van der Waals surface area contributed by atoms with Gasteiger partial charge in [0.1, 0.15) is 6.10 Å². The highest BCUT2D eigenvalue weighted by Crippen LogP contribution is 2.11. The van der Waals surface area contributed by atoms with E-state index < -0.39 is 6.10 Å². The Kier molecular flexibility index (Phi) is 9.71. The summed E-state index contributed by atoms with van der Waals surface area (Å²) < 4.78 is 7.50. The number of hydrogen-bond acceptors (Lipinski definition) is 4. The van der Waals surface area contributed by atoms with E-state index >= 15 is 0 Å². The van der Waals surface area contributed by atoms with E-state index in [-0.39, 0.29) is 25.0 Å². The highest BCUT2D eigenvalue weighted by atomic mass is 127. The molecule has 6 heteroatoms. The Bertz CT molecular complexity index is 248. The topological polar surface area (TPSA) is 59.0 Å². The van der Waals surface area contributed by atoms with Crippen molar-refractivity contribution in [3.8, 4) is 0 Å². The lowest BCUT2D eigenvalue weighted by atomic mass is 10.2. The molecule has 0 aromatic carbocycles. The maximum atomic E-state index is 11.9. The summed E-state index contributed by atoms with van der Waals surface area (Å²) in [4.78, 5) is 16.7. The van der Waals surface area contributed by atoms with Gasteiger partial charge >= 0.3 is 0 Å². The molecule has 0 aromatic rings. The molecule has 0 saturated heterocycles. The van der Waals surface area contributed by atoms with E-state index in [0.29, 0.717) is 0 Å². The van der Waals surface area contributed by atoms with Gasteiger partial charge < -0.3 is 9.84 Å². The zero-order valence-electron chi connectivity index (χ0n) is 10.4. The molecule has 0 unspecified atom stereocenters. The molecule has 2 atom stereocenters. The summed E-state index contributed by atoms with van der Waals surface area (Å²) in [6.07, 6.45) is 2.11. The number of likely N-dealkylation sites (N-methyl/N-ethyl adjacent to an activating group) is 1. The molecule has 0 radical (unpaired) electrons. The Labute approximate surface area is 116 Å². The van der Waals surface area contributed by atoms with Gasteiger partial charge in [0.05, 0.1) is 13.2 Å². The second-order valence-corrected chi connectivity index (χ2v) is 4.14. The molecule has 0 saturated carbocycles. The summed E-state index contributed by atoms with van der Waals surface area (Å²) >= 11 is 2.10. The molecule has 0 spiro atoms. The first kappa shape index (κ1) is 16.8. The zero-order valence-corrected chi connectivity index (χ0v) is 12.6. The molecule has 5 nitrogen and oxygen atoms in total. The molecule has 0 aliphatic heterocycles. The average Bonchev–Trinajstić information content (AvgIpc) is 2.35. The highest BCUT2D eigenvalue weighted by Gasteiger charge is 2.24. The van der Waals surface area contributed by atoms with Gasteiger partial charge in [-0.05, 0) is 16.6 Å². The lowest BCUT2D eigenvalue weighted by Crippen LogP contribution is -2.39. The molecule has 1 N–H and O–H groups in total. The van der Waals surface area contributed by atoms with E-state index in [4.69, 9.17) is 14.7 Å². The molecule has 17 heavy (non-hydrogen) atoms. The van der Waals surface area contributed by atoms with Crippen LogP contribution in [0.25, 0.3) is 0 Å². The smallest absolute Gasteiger partial charge is 0.275 e. The summed E-state index contributed by atoms with van der Waals surface area (Å²) in [5.74, 6) is -0.290. The van der Waals surface area contributed by atoms with Crippen LogP contribution < -0.4 is 0 Å². The number of nitrogens with zero attached hydrogens (tertiary/aromatic N) is 1. The first-order valence-electron chi connectivity index (χ1n) is 5.45. The number of ether oxygens (including phenoxy) is 1. The molecule has 0 bridgehead atoms. The third kappa shape index (κ3) is 6.35. The lowest BCUT2D eigenvalue weighted by molar-refractivity contribution is -0.183. The SMILES string of the molecule is CC[C@@H](/C=C\I)O[C@@H](CCO)C(=O)N(C)OC. The molecule has 0 aromatic heterocycles. The third-order valence-corrected chi connectivity index (χ3v) is 2.69. The summed E-state index contributed by atoms with van der Waals surface area (Å²) in [6, 6.07) is 0. The van der Waals surface area contributed by atoms with Crippen molar-refractivity contribution in [3.63, 3.8) is 0 Å².